The Morgan fingerprint density at radius 1 is 1.19 bits per heavy atom. The van der Waals surface area contributed by atoms with Crippen LogP contribution in [-0.4, -0.2) is 9.83 Å². The van der Waals surface area contributed by atoms with E-state index in [1.54, 1.807) is 22.6 Å². The maximum Gasteiger partial charge on any atom is 0.209 e. The van der Waals surface area contributed by atoms with Gasteiger partial charge in [-0.1, -0.05) is 42.5 Å². The predicted octanol–water partition coefficient (Wildman–Crippen LogP) is 2.67. The van der Waals surface area contributed by atoms with E-state index in [2.05, 4.69) is 18.2 Å². The Balaban J connectivity index is 2.41. The zero-order chi connectivity index (χ0) is 11.5. The molecule has 0 aromatic heterocycles. The van der Waals surface area contributed by atoms with Crippen molar-refractivity contribution in [3.05, 3.63) is 48.0 Å². The molecule has 0 saturated heterocycles. The molecule has 0 saturated carbocycles. The molecule has 0 spiro atoms. The molecule has 3 heteroatoms. The van der Waals surface area contributed by atoms with Crippen LogP contribution in [0.2, 0.25) is 0 Å². The van der Waals surface area contributed by atoms with Crippen molar-refractivity contribution in [2.24, 2.45) is 5.73 Å². The van der Waals surface area contributed by atoms with Crippen molar-refractivity contribution in [3.8, 4) is 0 Å². The number of fused-ring (bicyclic) bond motifs is 1. The van der Waals surface area contributed by atoms with Crippen molar-refractivity contribution in [1.29, 1.82) is 0 Å². The highest BCUT2D eigenvalue weighted by atomic mass is 127. The number of nitrogens with two attached hydrogens (primary N) is 1. The lowest BCUT2D eigenvalue weighted by Crippen LogP contribution is -2.28. The van der Waals surface area contributed by atoms with Crippen LogP contribution >= 0.6 is 22.6 Å². The molecule has 0 fully saturated rings. The Kier molecular flexibility index (Phi) is 3.56. The second-order valence-corrected chi connectivity index (χ2v) is 4.82. The summed E-state index contributed by atoms with van der Waals surface area (Å²) in [6.45, 7) is 0. The summed E-state index contributed by atoms with van der Waals surface area (Å²) < 4.78 is 0.00512. The van der Waals surface area contributed by atoms with E-state index in [0.29, 0.717) is 6.42 Å². The Morgan fingerprint density at radius 2 is 1.88 bits per heavy atom. The number of rotatable bonds is 3. The molecule has 0 aliphatic heterocycles. The highest BCUT2D eigenvalue weighted by Crippen LogP contribution is 2.19. The van der Waals surface area contributed by atoms with E-state index >= 15 is 0 Å². The molecule has 2 aromatic carbocycles. The van der Waals surface area contributed by atoms with Gasteiger partial charge in [-0.15, -0.1) is 0 Å². The lowest BCUT2D eigenvalue weighted by atomic mass is 10.00. The summed E-state index contributed by atoms with van der Waals surface area (Å²) >= 11 is 1.76. The van der Waals surface area contributed by atoms with Gasteiger partial charge in [0.1, 0.15) is 0 Å². The highest BCUT2D eigenvalue weighted by molar-refractivity contribution is 14.1. The van der Waals surface area contributed by atoms with E-state index in [9.17, 15) is 4.79 Å². The Morgan fingerprint density at radius 3 is 2.62 bits per heavy atom. The molecule has 0 bridgehead atoms. The molecule has 0 aliphatic carbocycles. The molecular weight excluding hydrogens is 313 g/mol. The first-order chi connectivity index (χ1) is 7.68. The summed E-state index contributed by atoms with van der Waals surface area (Å²) in [6.07, 6.45) is 0.600. The first-order valence-electron chi connectivity index (χ1n) is 5.10. The number of hydrogen-bond acceptors (Lipinski definition) is 2. The first kappa shape index (κ1) is 11.5. The molecule has 0 amide bonds. The SMILES string of the molecule is N[C@H](Cc1cccc2ccccc12)C(=O)I. The minimum absolute atomic E-state index is 0.00512. The van der Waals surface area contributed by atoms with Gasteiger partial charge in [0.25, 0.3) is 0 Å². The number of carbonyl (C=O) groups is 1. The maximum absolute atomic E-state index is 11.1. The van der Waals surface area contributed by atoms with Gasteiger partial charge >= 0.3 is 0 Å². The van der Waals surface area contributed by atoms with Crippen molar-refractivity contribution in [2.75, 3.05) is 0 Å². The average Bonchev–Trinajstić information content (AvgIpc) is 2.29. The summed E-state index contributed by atoms with van der Waals surface area (Å²) in [5.41, 5.74) is 6.92. The number of halogens is 1. The van der Waals surface area contributed by atoms with Crippen LogP contribution in [-0.2, 0) is 11.2 Å². The summed E-state index contributed by atoms with van der Waals surface area (Å²) in [4.78, 5) is 11.1. The number of hydrogen-bond donors (Lipinski definition) is 1. The molecule has 0 unspecified atom stereocenters. The second kappa shape index (κ2) is 4.93. The third-order valence-corrected chi connectivity index (χ3v) is 3.41. The lowest BCUT2D eigenvalue weighted by molar-refractivity contribution is -0.110. The Hall–Kier alpha value is -0.940. The molecule has 1 atom stereocenters. The van der Waals surface area contributed by atoms with Crippen LogP contribution in [0.4, 0.5) is 0 Å². The predicted molar refractivity (Wildman–Crippen MR) is 74.7 cm³/mol. The van der Waals surface area contributed by atoms with E-state index < -0.39 is 6.04 Å². The molecule has 2 nitrogen and oxygen atoms in total. The third-order valence-electron chi connectivity index (χ3n) is 2.61. The monoisotopic (exact) mass is 325 g/mol. The van der Waals surface area contributed by atoms with Gasteiger partial charge < -0.3 is 5.73 Å². The molecule has 0 radical (unpaired) electrons. The van der Waals surface area contributed by atoms with Crippen LogP contribution in [0.1, 0.15) is 5.56 Å². The van der Waals surface area contributed by atoms with Crippen LogP contribution in [0.15, 0.2) is 42.5 Å². The number of carbonyl (C=O) groups excluding carboxylic acids is 1. The zero-order valence-electron chi connectivity index (χ0n) is 8.69. The molecule has 0 aliphatic rings. The van der Waals surface area contributed by atoms with Crippen LogP contribution in [0.5, 0.6) is 0 Å². The van der Waals surface area contributed by atoms with Crippen LogP contribution in [0.3, 0.4) is 0 Å². The van der Waals surface area contributed by atoms with Gasteiger partial charge in [-0.25, -0.2) is 0 Å². The van der Waals surface area contributed by atoms with Gasteiger partial charge in [0, 0.05) is 22.6 Å². The van der Waals surface area contributed by atoms with E-state index in [0.717, 1.165) is 5.56 Å². The lowest BCUT2D eigenvalue weighted by Gasteiger charge is -2.09. The van der Waals surface area contributed by atoms with Crippen molar-refractivity contribution >= 4 is 37.2 Å². The molecule has 2 rings (SSSR count). The second-order valence-electron chi connectivity index (χ2n) is 3.75. The average molecular weight is 325 g/mol. The standard InChI is InChI=1S/C13H12INO/c14-13(16)12(15)8-10-6-3-5-9-4-1-2-7-11(9)10/h1-7,12H,8,15H2/t12-/m1/s1. The van der Waals surface area contributed by atoms with Gasteiger partial charge in [-0.3, -0.25) is 4.79 Å². The number of benzene rings is 2. The molecule has 2 aromatic rings. The van der Waals surface area contributed by atoms with Crippen LogP contribution in [0, 0.1) is 0 Å². The normalized spacial score (nSPS) is 12.6. The van der Waals surface area contributed by atoms with Crippen molar-refractivity contribution < 1.29 is 4.79 Å². The Bertz CT molecular complexity index is 519. The maximum atomic E-state index is 11.1. The fourth-order valence-electron chi connectivity index (χ4n) is 1.79. The minimum Gasteiger partial charge on any atom is -0.321 e. The van der Waals surface area contributed by atoms with Crippen molar-refractivity contribution in [3.63, 3.8) is 0 Å². The van der Waals surface area contributed by atoms with E-state index in [1.165, 1.54) is 10.8 Å². The summed E-state index contributed by atoms with van der Waals surface area (Å²) in [5, 5.41) is 2.37. The largest absolute Gasteiger partial charge is 0.321 e. The van der Waals surface area contributed by atoms with E-state index in [4.69, 9.17) is 5.73 Å². The molecule has 2 N–H and O–H groups in total. The fourth-order valence-corrected chi connectivity index (χ4v) is 2.01. The fraction of sp³-hybridized carbons (Fsp3) is 0.154. The molecule has 16 heavy (non-hydrogen) atoms. The first-order valence-corrected chi connectivity index (χ1v) is 6.18. The van der Waals surface area contributed by atoms with E-state index in [1.807, 2.05) is 24.3 Å². The van der Waals surface area contributed by atoms with Gasteiger partial charge in [0.05, 0.1) is 6.04 Å². The summed E-state index contributed by atoms with van der Waals surface area (Å²) in [6, 6.07) is 13.8. The van der Waals surface area contributed by atoms with Crippen LogP contribution in [0.25, 0.3) is 10.8 Å². The van der Waals surface area contributed by atoms with Crippen molar-refractivity contribution in [1.82, 2.24) is 0 Å². The summed E-state index contributed by atoms with van der Waals surface area (Å²) in [7, 11) is 0. The van der Waals surface area contributed by atoms with Gasteiger partial charge in [0.15, 0.2) is 0 Å². The molecule has 0 heterocycles. The zero-order valence-corrected chi connectivity index (χ0v) is 10.8. The Labute approximate surface area is 108 Å². The van der Waals surface area contributed by atoms with Gasteiger partial charge in [-0.05, 0) is 22.8 Å². The topological polar surface area (TPSA) is 43.1 Å². The van der Waals surface area contributed by atoms with Gasteiger partial charge in [0.2, 0.25) is 3.79 Å². The van der Waals surface area contributed by atoms with Crippen molar-refractivity contribution in [2.45, 2.75) is 12.5 Å². The third kappa shape index (κ3) is 2.41. The minimum atomic E-state index is -0.411. The quantitative estimate of drug-likeness (QED) is 0.696. The molecule has 82 valence electrons. The molecular formula is C13H12INO. The van der Waals surface area contributed by atoms with Crippen LogP contribution < -0.4 is 5.73 Å². The smallest absolute Gasteiger partial charge is 0.209 e. The highest BCUT2D eigenvalue weighted by Gasteiger charge is 2.11. The van der Waals surface area contributed by atoms with Gasteiger partial charge in [-0.2, -0.15) is 0 Å². The summed E-state index contributed by atoms with van der Waals surface area (Å²) in [5.74, 6) is 0. The van der Waals surface area contributed by atoms with E-state index in [-0.39, 0.29) is 3.79 Å².